The van der Waals surface area contributed by atoms with Gasteiger partial charge in [-0.15, -0.1) is 0 Å². The highest BCUT2D eigenvalue weighted by atomic mass is 16.3. The maximum Gasteiger partial charge on any atom is 0.0524 e. The van der Waals surface area contributed by atoms with E-state index in [-0.39, 0.29) is 12.0 Å². The second kappa shape index (κ2) is 3.76. The van der Waals surface area contributed by atoms with Crippen LogP contribution in [0.1, 0.15) is 12.0 Å². The van der Waals surface area contributed by atoms with Gasteiger partial charge in [-0.3, -0.25) is 4.99 Å². The Balaban J connectivity index is 2.37. The molecule has 0 aromatic heterocycles. The van der Waals surface area contributed by atoms with Crippen molar-refractivity contribution in [3.05, 3.63) is 48.2 Å². The van der Waals surface area contributed by atoms with E-state index in [0.717, 1.165) is 0 Å². The molecule has 1 aromatic carbocycles. The van der Waals surface area contributed by atoms with Gasteiger partial charge in [-0.2, -0.15) is 0 Å². The molecular weight excluding hydrogens is 174 g/mol. The maximum atomic E-state index is 9.06. The Morgan fingerprint density at radius 2 is 2.00 bits per heavy atom. The zero-order valence-corrected chi connectivity index (χ0v) is 7.93. The average Bonchev–Trinajstić information content (AvgIpc) is 2.70. The molecule has 0 spiro atoms. The number of hydrogen-bond donors (Lipinski definition) is 1. The Hall–Kier alpha value is -1.41. The van der Waals surface area contributed by atoms with Crippen molar-refractivity contribution in [1.82, 2.24) is 0 Å². The summed E-state index contributed by atoms with van der Waals surface area (Å²) in [6, 6.07) is 10.1. The number of allylic oxidation sites excluding steroid dienone is 1. The molecule has 1 N–H and O–H groups in total. The van der Waals surface area contributed by atoms with Gasteiger partial charge in [0, 0.05) is 19.0 Å². The first-order chi connectivity index (χ1) is 6.87. The predicted molar refractivity (Wildman–Crippen MR) is 57.5 cm³/mol. The number of aliphatic hydroxyl groups excluding tert-OH is 1. The van der Waals surface area contributed by atoms with Crippen molar-refractivity contribution in [2.24, 2.45) is 4.99 Å². The topological polar surface area (TPSA) is 32.6 Å². The summed E-state index contributed by atoms with van der Waals surface area (Å²) in [5.41, 5.74) is 1.00. The highest BCUT2D eigenvalue weighted by Crippen LogP contribution is 2.30. The van der Waals surface area contributed by atoms with Crippen molar-refractivity contribution in [2.75, 3.05) is 6.61 Å². The van der Waals surface area contributed by atoms with Crippen molar-refractivity contribution < 1.29 is 5.11 Å². The Morgan fingerprint density at radius 1 is 1.21 bits per heavy atom. The van der Waals surface area contributed by atoms with Gasteiger partial charge in [0.25, 0.3) is 0 Å². The Morgan fingerprint density at radius 3 is 2.57 bits per heavy atom. The van der Waals surface area contributed by atoms with Crippen LogP contribution in [0.25, 0.3) is 0 Å². The van der Waals surface area contributed by atoms with Crippen LogP contribution >= 0.6 is 0 Å². The van der Waals surface area contributed by atoms with E-state index in [0.29, 0.717) is 6.42 Å². The first-order valence-electron chi connectivity index (χ1n) is 4.76. The molecule has 1 aromatic rings. The van der Waals surface area contributed by atoms with Crippen LogP contribution in [0.5, 0.6) is 0 Å². The second-order valence-corrected chi connectivity index (χ2v) is 3.47. The van der Waals surface area contributed by atoms with Crippen LogP contribution in [-0.2, 0) is 5.41 Å². The van der Waals surface area contributed by atoms with Crippen LogP contribution in [0.3, 0.4) is 0 Å². The summed E-state index contributed by atoms with van der Waals surface area (Å²) in [5.74, 6) is 0. The van der Waals surface area contributed by atoms with E-state index in [1.54, 1.807) is 6.20 Å². The molecule has 1 aliphatic heterocycles. The number of nitrogens with zero attached hydrogens (tertiary/aromatic N) is 1. The maximum absolute atomic E-state index is 9.06. The van der Waals surface area contributed by atoms with Gasteiger partial charge in [0.05, 0.1) is 5.41 Å². The van der Waals surface area contributed by atoms with E-state index in [2.05, 4.69) is 17.1 Å². The molecule has 0 radical (unpaired) electrons. The summed E-state index contributed by atoms with van der Waals surface area (Å²) in [6.07, 6.45) is 6.43. The molecule has 2 rings (SSSR count). The van der Waals surface area contributed by atoms with Crippen molar-refractivity contribution in [2.45, 2.75) is 11.8 Å². The zero-order chi connectivity index (χ0) is 9.86. The minimum atomic E-state index is -0.185. The fourth-order valence-corrected chi connectivity index (χ4v) is 1.79. The summed E-state index contributed by atoms with van der Waals surface area (Å²) >= 11 is 0. The standard InChI is InChI=1S/C12H13NO/c14-9-7-12(6-8-13-10-12)11-4-2-1-3-5-11/h1-6,8,10,14H,7,9H2. The van der Waals surface area contributed by atoms with Crippen LogP contribution in [0.2, 0.25) is 0 Å². The summed E-state index contributed by atoms with van der Waals surface area (Å²) in [6.45, 7) is 0.172. The molecule has 1 atom stereocenters. The molecule has 0 amide bonds. The van der Waals surface area contributed by atoms with Gasteiger partial charge in [-0.05, 0) is 12.0 Å². The molecule has 0 saturated heterocycles. The highest BCUT2D eigenvalue weighted by molar-refractivity contribution is 5.79. The number of aliphatic imine (C=N–C) groups is 1. The van der Waals surface area contributed by atoms with E-state index < -0.39 is 0 Å². The first kappa shape index (κ1) is 9.16. The Bertz CT molecular complexity index is 342. The van der Waals surface area contributed by atoms with Gasteiger partial charge < -0.3 is 5.11 Å². The molecule has 1 heterocycles. The number of hydrogen-bond acceptors (Lipinski definition) is 2. The second-order valence-electron chi connectivity index (χ2n) is 3.47. The third kappa shape index (κ3) is 1.49. The lowest BCUT2D eigenvalue weighted by atomic mass is 9.80. The van der Waals surface area contributed by atoms with Crippen LogP contribution < -0.4 is 0 Å². The van der Waals surface area contributed by atoms with Crippen molar-refractivity contribution in [3.63, 3.8) is 0 Å². The third-order valence-corrected chi connectivity index (χ3v) is 2.60. The predicted octanol–water partition coefficient (Wildman–Crippen LogP) is 1.90. The van der Waals surface area contributed by atoms with Crippen molar-refractivity contribution >= 4 is 6.21 Å². The first-order valence-corrected chi connectivity index (χ1v) is 4.76. The fourth-order valence-electron chi connectivity index (χ4n) is 1.79. The number of aliphatic hydroxyl groups is 1. The molecule has 2 heteroatoms. The van der Waals surface area contributed by atoms with Gasteiger partial charge in [0.1, 0.15) is 0 Å². The van der Waals surface area contributed by atoms with Crippen molar-refractivity contribution in [3.8, 4) is 0 Å². The number of rotatable bonds is 3. The summed E-state index contributed by atoms with van der Waals surface area (Å²) in [7, 11) is 0. The molecule has 1 unspecified atom stereocenters. The Labute approximate surface area is 83.6 Å². The van der Waals surface area contributed by atoms with E-state index >= 15 is 0 Å². The molecule has 2 nitrogen and oxygen atoms in total. The van der Waals surface area contributed by atoms with Crippen LogP contribution in [0.4, 0.5) is 0 Å². The SMILES string of the molecule is OCCC1(c2ccccc2)C=CN=C1. The van der Waals surface area contributed by atoms with Gasteiger partial charge in [-0.25, -0.2) is 0 Å². The zero-order valence-electron chi connectivity index (χ0n) is 7.93. The van der Waals surface area contributed by atoms with Gasteiger partial charge in [0.2, 0.25) is 0 Å². The van der Waals surface area contributed by atoms with Crippen molar-refractivity contribution in [1.29, 1.82) is 0 Å². The minimum absolute atomic E-state index is 0.172. The number of benzene rings is 1. The third-order valence-electron chi connectivity index (χ3n) is 2.60. The van der Waals surface area contributed by atoms with Crippen LogP contribution in [0, 0.1) is 0 Å². The molecule has 1 aliphatic rings. The molecule has 72 valence electrons. The molecule has 0 saturated carbocycles. The minimum Gasteiger partial charge on any atom is -0.396 e. The molecule has 0 fully saturated rings. The summed E-state index contributed by atoms with van der Waals surface area (Å²) < 4.78 is 0. The quantitative estimate of drug-likeness (QED) is 0.770. The molecule has 0 aliphatic carbocycles. The summed E-state index contributed by atoms with van der Waals surface area (Å²) in [5, 5.41) is 9.06. The molecule has 14 heavy (non-hydrogen) atoms. The lowest BCUT2D eigenvalue weighted by Gasteiger charge is -2.23. The largest absolute Gasteiger partial charge is 0.396 e. The highest BCUT2D eigenvalue weighted by Gasteiger charge is 2.28. The van der Waals surface area contributed by atoms with Crippen LogP contribution in [-0.4, -0.2) is 17.9 Å². The molecule has 0 bridgehead atoms. The average molecular weight is 187 g/mol. The fraction of sp³-hybridized carbons (Fsp3) is 0.250. The van der Waals surface area contributed by atoms with Gasteiger partial charge in [-0.1, -0.05) is 36.4 Å². The van der Waals surface area contributed by atoms with Gasteiger partial charge >= 0.3 is 0 Å². The van der Waals surface area contributed by atoms with E-state index in [4.69, 9.17) is 5.11 Å². The lowest BCUT2D eigenvalue weighted by Crippen LogP contribution is -2.24. The van der Waals surface area contributed by atoms with E-state index in [9.17, 15) is 0 Å². The smallest absolute Gasteiger partial charge is 0.0524 e. The molecular formula is C12H13NO. The van der Waals surface area contributed by atoms with Crippen LogP contribution in [0.15, 0.2) is 47.6 Å². The summed E-state index contributed by atoms with van der Waals surface area (Å²) in [4.78, 5) is 4.12. The monoisotopic (exact) mass is 187 g/mol. The normalized spacial score (nSPS) is 24.4. The van der Waals surface area contributed by atoms with E-state index in [1.165, 1.54) is 5.56 Å². The van der Waals surface area contributed by atoms with Gasteiger partial charge in [0.15, 0.2) is 0 Å². The lowest BCUT2D eigenvalue weighted by molar-refractivity contribution is 0.275. The van der Waals surface area contributed by atoms with E-state index in [1.807, 2.05) is 30.5 Å². The Kier molecular flexibility index (Phi) is 2.46.